The molecule has 24 heavy (non-hydrogen) atoms. The predicted octanol–water partition coefficient (Wildman–Crippen LogP) is 8.37. The predicted molar refractivity (Wildman–Crippen MR) is 114 cm³/mol. The Balaban J connectivity index is 0. The summed E-state index contributed by atoms with van der Waals surface area (Å²) in [5.74, 6) is 0.989. The van der Waals surface area contributed by atoms with E-state index in [4.69, 9.17) is 4.74 Å². The SMILES string of the molecule is CC.CCCC.CCCCC.CCOc1cc2c(cc1Br)CCC2. The van der Waals surface area contributed by atoms with Gasteiger partial charge in [-0.15, -0.1) is 0 Å². The number of fused-ring (bicyclic) bond motifs is 1. The van der Waals surface area contributed by atoms with Gasteiger partial charge in [-0.05, 0) is 65.4 Å². The average Bonchev–Trinajstić information content (AvgIpc) is 3.06. The molecule has 0 N–H and O–H groups in total. The minimum absolute atomic E-state index is 0.734. The van der Waals surface area contributed by atoms with Crippen LogP contribution in [0.5, 0.6) is 5.75 Å². The van der Waals surface area contributed by atoms with Crippen molar-refractivity contribution in [1.29, 1.82) is 0 Å². The third kappa shape index (κ3) is 11.9. The van der Waals surface area contributed by atoms with Crippen molar-refractivity contribution in [1.82, 2.24) is 0 Å². The van der Waals surface area contributed by atoms with Gasteiger partial charge in [0.15, 0.2) is 0 Å². The molecule has 0 bridgehead atoms. The molecule has 0 aliphatic heterocycles. The van der Waals surface area contributed by atoms with E-state index >= 15 is 0 Å². The summed E-state index contributed by atoms with van der Waals surface area (Å²) in [5.41, 5.74) is 2.95. The Kier molecular flexibility index (Phi) is 20.2. The van der Waals surface area contributed by atoms with E-state index in [1.54, 1.807) is 0 Å². The fourth-order valence-electron chi connectivity index (χ4n) is 2.19. The van der Waals surface area contributed by atoms with Gasteiger partial charge in [0, 0.05) is 0 Å². The normalized spacial score (nSPS) is 11.0. The minimum Gasteiger partial charge on any atom is -0.493 e. The number of rotatable bonds is 5. The smallest absolute Gasteiger partial charge is 0.133 e. The molecule has 0 spiro atoms. The molecule has 2 heteroatoms. The van der Waals surface area contributed by atoms with E-state index in [0.29, 0.717) is 0 Å². The van der Waals surface area contributed by atoms with Crippen molar-refractivity contribution in [3.63, 3.8) is 0 Å². The van der Waals surface area contributed by atoms with E-state index < -0.39 is 0 Å². The van der Waals surface area contributed by atoms with Crippen molar-refractivity contribution in [2.45, 2.75) is 99.8 Å². The summed E-state index contributed by atoms with van der Waals surface area (Å²) in [6, 6.07) is 4.38. The second-order valence-electron chi connectivity index (χ2n) is 5.69. The first kappa shape index (κ1) is 25.7. The maximum absolute atomic E-state index is 5.52. The van der Waals surface area contributed by atoms with Gasteiger partial charge in [-0.25, -0.2) is 0 Å². The monoisotopic (exact) mass is 400 g/mol. The van der Waals surface area contributed by atoms with Gasteiger partial charge in [0.25, 0.3) is 0 Å². The zero-order chi connectivity index (χ0) is 18.8. The van der Waals surface area contributed by atoms with Gasteiger partial charge < -0.3 is 4.74 Å². The summed E-state index contributed by atoms with van der Waals surface area (Å²) in [7, 11) is 0. The van der Waals surface area contributed by atoms with E-state index in [1.807, 2.05) is 20.8 Å². The molecule has 0 heterocycles. The van der Waals surface area contributed by atoms with Crippen LogP contribution in [-0.4, -0.2) is 6.61 Å². The van der Waals surface area contributed by atoms with Crippen molar-refractivity contribution in [3.8, 4) is 5.75 Å². The summed E-state index contributed by atoms with van der Waals surface area (Å²) in [4.78, 5) is 0. The van der Waals surface area contributed by atoms with Crippen LogP contribution in [0.3, 0.4) is 0 Å². The summed E-state index contributed by atoms with van der Waals surface area (Å²) in [6.45, 7) is 15.5. The Hall–Kier alpha value is -0.500. The average molecular weight is 401 g/mol. The van der Waals surface area contributed by atoms with Crippen LogP contribution in [0.4, 0.5) is 0 Å². The van der Waals surface area contributed by atoms with Crippen LogP contribution in [-0.2, 0) is 12.8 Å². The molecular weight excluding hydrogens is 360 g/mol. The molecule has 142 valence electrons. The number of halogens is 1. The van der Waals surface area contributed by atoms with E-state index in [-0.39, 0.29) is 0 Å². The lowest BCUT2D eigenvalue weighted by Gasteiger charge is -2.08. The van der Waals surface area contributed by atoms with Gasteiger partial charge >= 0.3 is 0 Å². The van der Waals surface area contributed by atoms with Crippen LogP contribution in [0.2, 0.25) is 0 Å². The van der Waals surface area contributed by atoms with Gasteiger partial charge in [-0.3, -0.25) is 0 Å². The molecule has 0 saturated heterocycles. The van der Waals surface area contributed by atoms with Gasteiger partial charge in [-0.2, -0.15) is 0 Å². The Labute approximate surface area is 160 Å². The van der Waals surface area contributed by atoms with Crippen LogP contribution < -0.4 is 4.74 Å². The lowest BCUT2D eigenvalue weighted by Crippen LogP contribution is -1.94. The second-order valence-corrected chi connectivity index (χ2v) is 6.55. The lowest BCUT2D eigenvalue weighted by molar-refractivity contribution is 0.338. The summed E-state index contributed by atoms with van der Waals surface area (Å²) >= 11 is 3.53. The number of hydrogen-bond acceptors (Lipinski definition) is 1. The Morgan fingerprint density at radius 2 is 1.33 bits per heavy atom. The molecule has 0 unspecified atom stereocenters. The van der Waals surface area contributed by atoms with Crippen LogP contribution in [0, 0.1) is 0 Å². The van der Waals surface area contributed by atoms with Crippen molar-refractivity contribution in [3.05, 3.63) is 27.7 Å². The van der Waals surface area contributed by atoms with E-state index in [1.165, 1.54) is 62.5 Å². The molecule has 0 amide bonds. The molecule has 0 atom stereocenters. The highest BCUT2D eigenvalue weighted by Gasteiger charge is 2.13. The van der Waals surface area contributed by atoms with E-state index in [0.717, 1.165) is 16.8 Å². The summed E-state index contributed by atoms with van der Waals surface area (Å²) < 4.78 is 6.61. The number of aryl methyl sites for hydroxylation is 2. The molecular formula is C22H41BrO. The van der Waals surface area contributed by atoms with Gasteiger partial charge in [0.05, 0.1) is 11.1 Å². The third-order valence-corrected chi connectivity index (χ3v) is 4.27. The third-order valence-electron chi connectivity index (χ3n) is 3.65. The molecule has 2 rings (SSSR count). The molecule has 1 aliphatic carbocycles. The van der Waals surface area contributed by atoms with Crippen molar-refractivity contribution >= 4 is 15.9 Å². The lowest BCUT2D eigenvalue weighted by atomic mass is 10.1. The number of benzene rings is 1. The fraction of sp³-hybridized carbons (Fsp3) is 0.727. The van der Waals surface area contributed by atoms with Gasteiger partial charge in [-0.1, -0.05) is 73.6 Å². The molecule has 0 saturated carbocycles. The Morgan fingerprint density at radius 3 is 1.71 bits per heavy atom. The number of hydrogen-bond donors (Lipinski definition) is 0. The minimum atomic E-state index is 0.734. The van der Waals surface area contributed by atoms with Gasteiger partial charge in [0.2, 0.25) is 0 Å². The Bertz CT molecular complexity index is 384. The summed E-state index contributed by atoms with van der Waals surface area (Å²) in [5, 5.41) is 0. The number of ether oxygens (including phenoxy) is 1. The largest absolute Gasteiger partial charge is 0.493 e. The zero-order valence-electron chi connectivity index (χ0n) is 17.3. The first-order chi connectivity index (χ1) is 11.6. The van der Waals surface area contributed by atoms with Crippen molar-refractivity contribution < 1.29 is 4.74 Å². The first-order valence-corrected chi connectivity index (χ1v) is 10.9. The fourth-order valence-corrected chi connectivity index (χ4v) is 2.70. The van der Waals surface area contributed by atoms with Crippen LogP contribution in [0.15, 0.2) is 16.6 Å². The van der Waals surface area contributed by atoms with Crippen molar-refractivity contribution in [2.24, 2.45) is 0 Å². The standard InChI is InChI=1S/C11H13BrO.C5H12.C4H10.C2H6/c1-2-13-11-7-9-5-3-4-8(9)6-10(11)12;1-3-5-4-2;1-3-4-2;1-2/h6-7H,2-5H2,1H3;3-5H2,1-2H3;3-4H2,1-2H3;1-2H3. The molecule has 0 aromatic heterocycles. The van der Waals surface area contributed by atoms with Crippen molar-refractivity contribution in [2.75, 3.05) is 6.61 Å². The Morgan fingerprint density at radius 1 is 0.833 bits per heavy atom. The first-order valence-electron chi connectivity index (χ1n) is 10.1. The second kappa shape index (κ2) is 18.8. The quantitative estimate of drug-likeness (QED) is 0.481. The van der Waals surface area contributed by atoms with E-state index in [9.17, 15) is 0 Å². The van der Waals surface area contributed by atoms with E-state index in [2.05, 4.69) is 55.8 Å². The summed E-state index contributed by atoms with van der Waals surface area (Å²) in [6.07, 6.45) is 10.4. The number of unbranched alkanes of at least 4 members (excludes halogenated alkanes) is 3. The highest BCUT2D eigenvalue weighted by molar-refractivity contribution is 9.10. The van der Waals surface area contributed by atoms with Gasteiger partial charge in [0.1, 0.15) is 5.75 Å². The topological polar surface area (TPSA) is 9.23 Å². The molecule has 0 radical (unpaired) electrons. The maximum atomic E-state index is 5.52. The molecule has 1 aromatic carbocycles. The highest BCUT2D eigenvalue weighted by Crippen LogP contribution is 2.33. The molecule has 1 aliphatic rings. The zero-order valence-corrected chi connectivity index (χ0v) is 18.9. The molecule has 0 fully saturated rings. The highest BCUT2D eigenvalue weighted by atomic mass is 79.9. The van der Waals surface area contributed by atoms with Crippen LogP contribution >= 0.6 is 15.9 Å². The molecule has 1 nitrogen and oxygen atoms in total. The maximum Gasteiger partial charge on any atom is 0.133 e. The van der Waals surface area contributed by atoms with Crippen LogP contribution in [0.25, 0.3) is 0 Å². The van der Waals surface area contributed by atoms with Crippen LogP contribution in [0.1, 0.15) is 98.1 Å². The molecule has 1 aromatic rings.